The molecule has 0 atom stereocenters. The van der Waals surface area contributed by atoms with Crippen LogP contribution in [0.15, 0.2) is 26.6 Å². The first-order valence-electron chi connectivity index (χ1n) is 5.25. The van der Waals surface area contributed by atoms with Gasteiger partial charge in [0.05, 0.1) is 10.6 Å². The number of thioether (sulfide) groups is 1. The second kappa shape index (κ2) is 5.87. The van der Waals surface area contributed by atoms with E-state index < -0.39 is 5.56 Å². The van der Waals surface area contributed by atoms with Gasteiger partial charge in [0.25, 0.3) is 5.56 Å². The van der Waals surface area contributed by atoms with Crippen LogP contribution in [0.25, 0.3) is 11.3 Å². The Morgan fingerprint density at radius 1 is 1.55 bits per heavy atom. The molecule has 8 heteroatoms. The Balaban J connectivity index is 2.89. The largest absolute Gasteiger partial charge is 0.507 e. The number of aromatic amines is 1. The van der Waals surface area contributed by atoms with Crippen molar-refractivity contribution in [3.05, 3.63) is 37.5 Å². The van der Waals surface area contributed by atoms with Crippen molar-refractivity contribution >= 4 is 39.3 Å². The van der Waals surface area contributed by atoms with Crippen molar-refractivity contribution in [2.75, 3.05) is 6.26 Å². The van der Waals surface area contributed by atoms with E-state index in [4.69, 9.17) is 16.9 Å². The van der Waals surface area contributed by atoms with Gasteiger partial charge in [-0.15, -0.1) is 0 Å². The Kier molecular flexibility index (Phi) is 4.38. The number of nitriles is 1. The Hall–Kier alpha value is -1.49. The topological polar surface area (TPSA) is 89.8 Å². The number of aromatic hydroxyl groups is 1. The number of phenols is 1. The Bertz CT molecular complexity index is 785. The Morgan fingerprint density at radius 2 is 2.25 bits per heavy atom. The van der Waals surface area contributed by atoms with Gasteiger partial charge >= 0.3 is 0 Å². The molecule has 1 aromatic carbocycles. The number of H-pyrrole nitrogens is 1. The van der Waals surface area contributed by atoms with Crippen molar-refractivity contribution in [2.45, 2.75) is 5.16 Å². The van der Waals surface area contributed by atoms with E-state index in [2.05, 4.69) is 25.9 Å². The SMILES string of the molecule is CSc1nc(-c2c(O)ccc(Cl)c2Br)c(C#N)c(=O)[nH]1. The van der Waals surface area contributed by atoms with E-state index in [9.17, 15) is 9.90 Å². The number of halogens is 2. The first-order valence-corrected chi connectivity index (χ1v) is 7.65. The second-order valence-corrected chi connectivity index (χ2v) is 5.66. The van der Waals surface area contributed by atoms with E-state index >= 15 is 0 Å². The van der Waals surface area contributed by atoms with Crippen LogP contribution in [0.1, 0.15) is 5.56 Å². The van der Waals surface area contributed by atoms with Crippen molar-refractivity contribution in [2.24, 2.45) is 0 Å². The molecule has 20 heavy (non-hydrogen) atoms. The van der Waals surface area contributed by atoms with Crippen LogP contribution in [0, 0.1) is 11.3 Å². The number of nitrogens with zero attached hydrogens (tertiary/aromatic N) is 2. The third kappa shape index (κ3) is 2.54. The molecule has 2 aromatic rings. The minimum atomic E-state index is -0.562. The predicted octanol–water partition coefficient (Wildman–Crippen LogP) is 3.15. The highest BCUT2D eigenvalue weighted by Crippen LogP contribution is 2.40. The van der Waals surface area contributed by atoms with Crippen molar-refractivity contribution in [1.29, 1.82) is 5.26 Å². The standard InChI is InChI=1S/C12H7BrClN3O2S/c1-20-12-16-10(5(4-15)11(19)17-12)8-7(18)3-2-6(14)9(8)13/h2-3,18H,1H3,(H,16,17,19). The number of benzene rings is 1. The molecule has 0 aliphatic carbocycles. The summed E-state index contributed by atoms with van der Waals surface area (Å²) in [4.78, 5) is 18.5. The molecule has 0 bridgehead atoms. The minimum Gasteiger partial charge on any atom is -0.507 e. The summed E-state index contributed by atoms with van der Waals surface area (Å²) in [6.45, 7) is 0. The predicted molar refractivity (Wildman–Crippen MR) is 81.2 cm³/mol. The summed E-state index contributed by atoms with van der Waals surface area (Å²) in [5, 5.41) is 19.8. The van der Waals surface area contributed by atoms with Crippen LogP contribution in [0.3, 0.4) is 0 Å². The summed E-state index contributed by atoms with van der Waals surface area (Å²) >= 11 is 10.4. The maximum atomic E-state index is 11.9. The second-order valence-electron chi connectivity index (χ2n) is 3.67. The van der Waals surface area contributed by atoms with E-state index in [1.165, 1.54) is 23.9 Å². The quantitative estimate of drug-likeness (QED) is 0.624. The fraction of sp³-hybridized carbons (Fsp3) is 0.0833. The summed E-state index contributed by atoms with van der Waals surface area (Å²) in [6, 6.07) is 4.68. The van der Waals surface area contributed by atoms with Gasteiger partial charge in [-0.25, -0.2) is 4.98 Å². The summed E-state index contributed by atoms with van der Waals surface area (Å²) in [6.07, 6.45) is 1.74. The van der Waals surface area contributed by atoms with Crippen LogP contribution in [0.4, 0.5) is 0 Å². The van der Waals surface area contributed by atoms with E-state index in [0.717, 1.165) is 0 Å². The minimum absolute atomic E-state index is 0.0903. The molecule has 0 spiro atoms. The zero-order valence-electron chi connectivity index (χ0n) is 10.1. The number of aromatic nitrogens is 2. The number of hydrogen-bond donors (Lipinski definition) is 2. The molecule has 0 saturated carbocycles. The van der Waals surface area contributed by atoms with Gasteiger partial charge in [-0.1, -0.05) is 23.4 Å². The molecule has 0 aliphatic heterocycles. The monoisotopic (exact) mass is 371 g/mol. The summed E-state index contributed by atoms with van der Waals surface area (Å²) in [5.41, 5.74) is -0.433. The van der Waals surface area contributed by atoms with Crippen LogP contribution in [0.5, 0.6) is 5.75 Å². The molecule has 5 nitrogen and oxygen atoms in total. The zero-order chi connectivity index (χ0) is 14.9. The lowest BCUT2D eigenvalue weighted by molar-refractivity contribution is 0.476. The van der Waals surface area contributed by atoms with Crippen LogP contribution < -0.4 is 5.56 Å². The summed E-state index contributed by atoms with van der Waals surface area (Å²) in [5.74, 6) is -0.122. The van der Waals surface area contributed by atoms with Crippen molar-refractivity contribution in [3.8, 4) is 23.1 Å². The molecular formula is C12H7BrClN3O2S. The third-order valence-electron chi connectivity index (χ3n) is 2.51. The van der Waals surface area contributed by atoms with E-state index in [1.54, 1.807) is 12.3 Å². The van der Waals surface area contributed by atoms with Crippen LogP contribution in [0.2, 0.25) is 5.02 Å². The molecule has 2 N–H and O–H groups in total. The maximum Gasteiger partial charge on any atom is 0.270 e. The van der Waals surface area contributed by atoms with Gasteiger partial charge in [-0.05, 0) is 34.3 Å². The highest BCUT2D eigenvalue weighted by Gasteiger charge is 2.20. The highest BCUT2D eigenvalue weighted by molar-refractivity contribution is 9.10. The summed E-state index contributed by atoms with van der Waals surface area (Å²) in [7, 11) is 0. The lowest BCUT2D eigenvalue weighted by Gasteiger charge is -2.10. The van der Waals surface area contributed by atoms with Gasteiger partial charge in [-0.2, -0.15) is 5.26 Å². The van der Waals surface area contributed by atoms with Crippen molar-refractivity contribution in [3.63, 3.8) is 0 Å². The van der Waals surface area contributed by atoms with Gasteiger partial charge < -0.3 is 10.1 Å². The zero-order valence-corrected chi connectivity index (χ0v) is 13.2. The molecule has 1 heterocycles. The van der Waals surface area contributed by atoms with E-state index in [1.807, 2.05) is 0 Å². The lowest BCUT2D eigenvalue weighted by atomic mass is 10.1. The lowest BCUT2D eigenvalue weighted by Crippen LogP contribution is -2.14. The molecule has 102 valence electrons. The highest BCUT2D eigenvalue weighted by atomic mass is 79.9. The Labute approximate surface area is 131 Å². The first kappa shape index (κ1) is 14.9. The van der Waals surface area contributed by atoms with E-state index in [-0.39, 0.29) is 22.6 Å². The van der Waals surface area contributed by atoms with Gasteiger partial charge in [0.1, 0.15) is 23.1 Å². The number of nitrogens with one attached hydrogen (secondary N) is 1. The van der Waals surface area contributed by atoms with Gasteiger partial charge in [0.2, 0.25) is 0 Å². The molecule has 0 amide bonds. The molecule has 0 fully saturated rings. The molecule has 1 aromatic heterocycles. The average molecular weight is 373 g/mol. The van der Waals surface area contributed by atoms with Crippen LogP contribution >= 0.6 is 39.3 Å². The molecule has 0 unspecified atom stereocenters. The molecule has 0 aliphatic rings. The van der Waals surface area contributed by atoms with Gasteiger partial charge in [-0.3, -0.25) is 4.79 Å². The average Bonchev–Trinajstić information content (AvgIpc) is 2.43. The fourth-order valence-electron chi connectivity index (χ4n) is 1.60. The number of hydrogen-bond acceptors (Lipinski definition) is 5. The molecule has 2 rings (SSSR count). The normalized spacial score (nSPS) is 10.3. The number of rotatable bonds is 2. The van der Waals surface area contributed by atoms with Crippen molar-refractivity contribution in [1.82, 2.24) is 9.97 Å². The first-order chi connectivity index (χ1) is 9.49. The third-order valence-corrected chi connectivity index (χ3v) is 4.46. The van der Waals surface area contributed by atoms with Gasteiger partial charge in [0.15, 0.2) is 5.16 Å². The van der Waals surface area contributed by atoms with Crippen molar-refractivity contribution < 1.29 is 5.11 Å². The molecule has 0 saturated heterocycles. The Morgan fingerprint density at radius 3 is 2.85 bits per heavy atom. The maximum absolute atomic E-state index is 11.9. The smallest absolute Gasteiger partial charge is 0.270 e. The van der Waals surface area contributed by atoms with Gasteiger partial charge in [0, 0.05) is 4.47 Å². The van der Waals surface area contributed by atoms with Crippen LogP contribution in [-0.2, 0) is 0 Å². The fourth-order valence-corrected chi connectivity index (χ4v) is 2.66. The number of phenolic OH excluding ortho intramolecular Hbond substituents is 1. The molecule has 0 radical (unpaired) electrons. The van der Waals surface area contributed by atoms with E-state index in [0.29, 0.717) is 14.7 Å². The summed E-state index contributed by atoms with van der Waals surface area (Å²) < 4.78 is 0.376. The van der Waals surface area contributed by atoms with Crippen LogP contribution in [-0.4, -0.2) is 21.3 Å². The molecular weight excluding hydrogens is 366 g/mol.